The molecule has 0 radical (unpaired) electrons. The normalized spacial score (nSPS) is 24.8. The van der Waals surface area contributed by atoms with Gasteiger partial charge in [0.05, 0.1) is 18.5 Å². The summed E-state index contributed by atoms with van der Waals surface area (Å²) in [7, 11) is 0. The number of nitrogens with two attached hydrogens (primary N) is 3. The fourth-order valence-corrected chi connectivity index (χ4v) is 3.41. The number of amides is 6. The van der Waals surface area contributed by atoms with Crippen LogP contribution in [0.2, 0.25) is 0 Å². The van der Waals surface area contributed by atoms with E-state index in [2.05, 4.69) is 5.32 Å². The number of urea groups is 1. The molecule has 6 amide bonds. The van der Waals surface area contributed by atoms with E-state index in [1.54, 1.807) is 0 Å². The molecule has 2 fully saturated rings. The topological polar surface area (TPSA) is 214 Å². The third-order valence-electron chi connectivity index (χ3n) is 5.02. The predicted octanol–water partition coefficient (Wildman–Crippen LogP) is -3.29. The third-order valence-corrected chi connectivity index (χ3v) is 5.02. The summed E-state index contributed by atoms with van der Waals surface area (Å²) in [4.78, 5) is 60.6. The number of hydrogen-bond donors (Lipinski definition) is 6. The molecule has 162 valence electrons. The number of carbonyl (C=O) groups is 5. The zero-order valence-corrected chi connectivity index (χ0v) is 15.9. The fourth-order valence-electron chi connectivity index (χ4n) is 3.41. The Labute approximate surface area is 166 Å². The molecule has 13 heteroatoms. The summed E-state index contributed by atoms with van der Waals surface area (Å²) < 4.78 is 0. The van der Waals surface area contributed by atoms with Crippen molar-refractivity contribution in [1.29, 1.82) is 0 Å². The molecule has 0 aromatic heterocycles. The molecule has 2 aliphatic heterocycles. The van der Waals surface area contributed by atoms with Crippen LogP contribution < -0.4 is 27.8 Å². The summed E-state index contributed by atoms with van der Waals surface area (Å²) in [6.45, 7) is 0.301. The lowest BCUT2D eigenvalue weighted by atomic mass is 10.1. The highest BCUT2D eigenvalue weighted by Crippen LogP contribution is 2.23. The summed E-state index contributed by atoms with van der Waals surface area (Å²) in [6.07, 6.45) is 1.19. The molecule has 0 bridgehead atoms. The number of nitrogens with zero attached hydrogens (tertiary/aromatic N) is 2. The maximum Gasteiger partial charge on any atom is 0.322 e. The number of carbonyl (C=O) groups excluding carboxylic acids is 5. The third kappa shape index (κ3) is 5.40. The summed E-state index contributed by atoms with van der Waals surface area (Å²) in [5.74, 6) is -2.82. The van der Waals surface area contributed by atoms with Crippen molar-refractivity contribution in [3.8, 4) is 0 Å². The molecule has 2 saturated heterocycles. The number of nitrogens with one attached hydrogen (secondary N) is 2. The highest BCUT2D eigenvalue weighted by Gasteiger charge is 2.44. The van der Waals surface area contributed by atoms with Gasteiger partial charge in [0, 0.05) is 13.0 Å². The van der Waals surface area contributed by atoms with E-state index in [0.29, 0.717) is 30.9 Å². The molecular weight excluding hydrogens is 386 g/mol. The predicted molar refractivity (Wildman–Crippen MR) is 97.7 cm³/mol. The fraction of sp³-hybridized carbons (Fsp3) is 0.688. The van der Waals surface area contributed by atoms with Crippen molar-refractivity contribution in [2.45, 2.75) is 56.3 Å². The number of rotatable bonds is 9. The van der Waals surface area contributed by atoms with Crippen molar-refractivity contribution in [3.63, 3.8) is 0 Å². The van der Waals surface area contributed by atoms with E-state index in [0.717, 1.165) is 4.90 Å². The smallest absolute Gasteiger partial charge is 0.322 e. The minimum absolute atomic E-state index is 0.0674. The largest absolute Gasteiger partial charge is 0.368 e. The average Bonchev–Trinajstić information content (AvgIpc) is 3.24. The Morgan fingerprint density at radius 3 is 2.52 bits per heavy atom. The van der Waals surface area contributed by atoms with Gasteiger partial charge in [0.1, 0.15) is 12.1 Å². The van der Waals surface area contributed by atoms with Gasteiger partial charge in [0.2, 0.25) is 11.8 Å². The molecule has 1 unspecified atom stereocenters. The van der Waals surface area contributed by atoms with E-state index in [1.807, 2.05) is 5.32 Å². The van der Waals surface area contributed by atoms with Gasteiger partial charge in [0.25, 0.3) is 11.8 Å². The summed E-state index contributed by atoms with van der Waals surface area (Å²) in [5, 5.41) is 15.0. The summed E-state index contributed by atoms with van der Waals surface area (Å²) in [5.41, 5.74) is 16.6. The second-order valence-electron chi connectivity index (χ2n) is 7.15. The van der Waals surface area contributed by atoms with Gasteiger partial charge < -0.3 is 27.4 Å². The van der Waals surface area contributed by atoms with Gasteiger partial charge in [-0.05, 0) is 19.4 Å². The van der Waals surface area contributed by atoms with Crippen LogP contribution in [0.25, 0.3) is 0 Å². The second-order valence-corrected chi connectivity index (χ2v) is 7.15. The molecule has 13 nitrogen and oxygen atoms in total. The molecule has 0 aromatic rings. The van der Waals surface area contributed by atoms with Gasteiger partial charge in [-0.2, -0.15) is 0 Å². The molecule has 0 aromatic carbocycles. The van der Waals surface area contributed by atoms with Gasteiger partial charge in [-0.1, -0.05) is 6.42 Å². The minimum Gasteiger partial charge on any atom is -0.368 e. The number of primary amides is 1. The van der Waals surface area contributed by atoms with Crippen LogP contribution in [0.15, 0.2) is 0 Å². The average molecular weight is 413 g/mol. The molecular formula is C16H27N7O6. The first-order valence-corrected chi connectivity index (χ1v) is 9.33. The lowest BCUT2D eigenvalue weighted by Crippen LogP contribution is -2.48. The highest BCUT2D eigenvalue weighted by molar-refractivity contribution is 6.06. The molecule has 29 heavy (non-hydrogen) atoms. The summed E-state index contributed by atoms with van der Waals surface area (Å²) >= 11 is 0. The maximum absolute atomic E-state index is 12.6. The van der Waals surface area contributed by atoms with Crippen molar-refractivity contribution in [2.24, 2.45) is 17.2 Å². The first-order valence-electron chi connectivity index (χ1n) is 9.33. The van der Waals surface area contributed by atoms with E-state index in [1.165, 1.54) is 0 Å². The second kappa shape index (κ2) is 9.62. The highest BCUT2D eigenvalue weighted by atomic mass is 16.5. The van der Waals surface area contributed by atoms with Crippen LogP contribution in [0.4, 0.5) is 4.79 Å². The molecule has 0 aliphatic carbocycles. The molecule has 9 N–H and O–H groups in total. The van der Waals surface area contributed by atoms with Crippen LogP contribution in [-0.4, -0.2) is 82.1 Å². The lowest BCUT2D eigenvalue weighted by Gasteiger charge is -2.25. The number of hydrogen-bond acceptors (Lipinski definition) is 8. The Morgan fingerprint density at radius 1 is 1.28 bits per heavy atom. The molecule has 2 rings (SSSR count). The van der Waals surface area contributed by atoms with Crippen molar-refractivity contribution < 1.29 is 29.2 Å². The molecule has 2 aliphatic rings. The minimum atomic E-state index is -1.07. The van der Waals surface area contributed by atoms with E-state index in [-0.39, 0.29) is 19.4 Å². The van der Waals surface area contributed by atoms with E-state index < -0.39 is 53.8 Å². The van der Waals surface area contributed by atoms with Gasteiger partial charge in [-0.3, -0.25) is 29.7 Å². The first kappa shape index (κ1) is 22.5. The van der Waals surface area contributed by atoms with Crippen LogP contribution in [0.3, 0.4) is 0 Å². The van der Waals surface area contributed by atoms with Crippen LogP contribution in [0.5, 0.6) is 0 Å². The Balaban J connectivity index is 2.01. The van der Waals surface area contributed by atoms with Crippen LogP contribution in [-0.2, 0) is 19.2 Å². The van der Waals surface area contributed by atoms with Gasteiger partial charge in [-0.25, -0.2) is 9.86 Å². The van der Waals surface area contributed by atoms with Crippen molar-refractivity contribution >= 4 is 29.7 Å². The number of hydroxylamine groups is 2. The Hall–Kier alpha value is -2.77. The zero-order valence-electron chi connectivity index (χ0n) is 15.9. The molecule has 4 atom stereocenters. The molecule has 2 heterocycles. The Bertz CT molecular complexity index is 687. The van der Waals surface area contributed by atoms with Gasteiger partial charge in [-0.15, -0.1) is 0 Å². The van der Waals surface area contributed by atoms with E-state index in [9.17, 15) is 29.2 Å². The SMILES string of the molecule is NCCCC[C@H](N)C(=O)N(O)[C@H]1C[C@@H](C(N)=O)N(C(=O)CC2NC(=O)NC2=O)C1. The molecule has 0 saturated carbocycles. The van der Waals surface area contributed by atoms with E-state index >= 15 is 0 Å². The van der Waals surface area contributed by atoms with Crippen LogP contribution in [0.1, 0.15) is 32.1 Å². The Morgan fingerprint density at radius 2 is 1.97 bits per heavy atom. The van der Waals surface area contributed by atoms with Crippen molar-refractivity contribution in [1.82, 2.24) is 20.6 Å². The number of imide groups is 1. The number of likely N-dealkylation sites (tertiary alicyclic amines) is 1. The zero-order chi connectivity index (χ0) is 21.7. The quantitative estimate of drug-likeness (QED) is 0.0972. The van der Waals surface area contributed by atoms with Gasteiger partial charge >= 0.3 is 6.03 Å². The maximum atomic E-state index is 12.6. The van der Waals surface area contributed by atoms with Gasteiger partial charge in [0.15, 0.2) is 0 Å². The van der Waals surface area contributed by atoms with Crippen molar-refractivity contribution in [3.05, 3.63) is 0 Å². The monoisotopic (exact) mass is 413 g/mol. The lowest BCUT2D eigenvalue weighted by molar-refractivity contribution is -0.176. The Kier molecular flexibility index (Phi) is 7.47. The van der Waals surface area contributed by atoms with Crippen molar-refractivity contribution in [2.75, 3.05) is 13.1 Å². The first-order chi connectivity index (χ1) is 13.6. The standard InChI is InChI=1S/C16H27N7O6/c17-4-2-1-3-9(18)15(27)23(29)8-5-11(13(19)25)22(7-8)12(24)6-10-14(26)21-16(28)20-10/h8-11,29H,1-7,17-18H2,(H2,19,25)(H2,20,21,26,28)/t8-,9-,10?,11-/m0/s1. The number of unbranched alkanes of at least 4 members (excludes halogenated alkanes) is 1. The van der Waals surface area contributed by atoms with E-state index in [4.69, 9.17) is 17.2 Å². The molecule has 0 spiro atoms. The van der Waals surface area contributed by atoms with Crippen LogP contribution >= 0.6 is 0 Å². The summed E-state index contributed by atoms with van der Waals surface area (Å²) in [6, 6.07) is -4.67. The van der Waals surface area contributed by atoms with Crippen LogP contribution in [0, 0.1) is 0 Å².